The number of rotatable bonds is 11. The smallest absolute Gasteiger partial charge is 0.295 e. The van der Waals surface area contributed by atoms with E-state index in [0.29, 0.717) is 35.1 Å². The van der Waals surface area contributed by atoms with Crippen molar-refractivity contribution in [1.82, 2.24) is 14.4 Å². The number of aryl methyl sites for hydroxylation is 1. The summed E-state index contributed by atoms with van der Waals surface area (Å²) in [6.45, 7) is 1.82. The molecule has 1 amide bonds. The highest BCUT2D eigenvalue weighted by molar-refractivity contribution is 6.45. The van der Waals surface area contributed by atoms with Gasteiger partial charge in [-0.2, -0.15) is 0 Å². The third-order valence-electron chi connectivity index (χ3n) is 6.38. The number of hydrogen-bond acceptors (Lipinski definition) is 4. The number of nitrogens with zero attached hydrogens (tertiary/aromatic N) is 3. The highest BCUT2D eigenvalue weighted by Crippen LogP contribution is 2.28. The van der Waals surface area contributed by atoms with E-state index in [9.17, 15) is 9.59 Å². The van der Waals surface area contributed by atoms with Crippen molar-refractivity contribution in [2.75, 3.05) is 27.2 Å². The van der Waals surface area contributed by atoms with Crippen LogP contribution in [0.5, 0.6) is 5.75 Å². The Balaban J connectivity index is 1.66. The van der Waals surface area contributed by atoms with Crippen molar-refractivity contribution in [3.05, 3.63) is 101 Å². The maximum Gasteiger partial charge on any atom is 0.295 e. The predicted molar refractivity (Wildman–Crippen MR) is 148 cm³/mol. The third-order valence-corrected chi connectivity index (χ3v) is 6.63. The van der Waals surface area contributed by atoms with Crippen molar-refractivity contribution in [3.63, 3.8) is 0 Å². The van der Waals surface area contributed by atoms with Gasteiger partial charge < -0.3 is 19.1 Å². The van der Waals surface area contributed by atoms with Crippen LogP contribution in [0.1, 0.15) is 28.0 Å². The zero-order chi connectivity index (χ0) is 26.4. The molecule has 3 aromatic carbocycles. The van der Waals surface area contributed by atoms with E-state index >= 15 is 0 Å². The topological polar surface area (TPSA) is 54.8 Å². The van der Waals surface area contributed by atoms with Gasteiger partial charge in [-0.15, -0.1) is 0 Å². The summed E-state index contributed by atoms with van der Waals surface area (Å²) >= 11 is 6.00. The standard InChI is InChI=1S/C30H32ClN3O3/c1-32(2)18-9-19-34(20-22-10-5-4-6-11-22)30(36)29(35)28-25-12-7-8-13-26(25)33(3)27(28)21-37-24-16-14-23(31)15-17-24/h4-8,10-17H,9,18-21H2,1-3H3. The van der Waals surface area contributed by atoms with Crippen LogP contribution < -0.4 is 4.74 Å². The minimum Gasteiger partial charge on any atom is -0.487 e. The summed E-state index contributed by atoms with van der Waals surface area (Å²) in [6.07, 6.45) is 0.765. The first kappa shape index (κ1) is 26.5. The van der Waals surface area contributed by atoms with Crippen LogP contribution in [0.3, 0.4) is 0 Å². The number of carbonyl (C=O) groups is 2. The van der Waals surface area contributed by atoms with E-state index in [1.54, 1.807) is 29.2 Å². The fraction of sp³-hybridized carbons (Fsp3) is 0.267. The summed E-state index contributed by atoms with van der Waals surface area (Å²) < 4.78 is 7.94. The van der Waals surface area contributed by atoms with Crippen molar-refractivity contribution in [1.29, 1.82) is 0 Å². The minimum absolute atomic E-state index is 0.139. The number of amides is 1. The molecule has 0 saturated heterocycles. The number of hydrogen-bond donors (Lipinski definition) is 0. The van der Waals surface area contributed by atoms with Crippen molar-refractivity contribution >= 4 is 34.2 Å². The Bertz CT molecular complexity index is 1360. The number of benzene rings is 3. The number of halogens is 1. The molecule has 0 N–H and O–H groups in total. The zero-order valence-electron chi connectivity index (χ0n) is 21.5. The average molecular weight is 518 g/mol. The molecule has 0 radical (unpaired) electrons. The lowest BCUT2D eigenvalue weighted by Crippen LogP contribution is -2.38. The molecule has 0 unspecified atom stereocenters. The molecule has 0 aliphatic heterocycles. The largest absolute Gasteiger partial charge is 0.487 e. The Morgan fingerprint density at radius 3 is 2.27 bits per heavy atom. The maximum absolute atomic E-state index is 13.9. The van der Waals surface area contributed by atoms with Crippen molar-refractivity contribution < 1.29 is 14.3 Å². The predicted octanol–water partition coefficient (Wildman–Crippen LogP) is 5.57. The van der Waals surface area contributed by atoms with E-state index < -0.39 is 11.7 Å². The quantitative estimate of drug-likeness (QED) is 0.193. The van der Waals surface area contributed by atoms with Crippen LogP contribution in [-0.4, -0.2) is 53.2 Å². The first-order chi connectivity index (χ1) is 17.8. The van der Waals surface area contributed by atoms with E-state index in [1.165, 1.54) is 0 Å². The Morgan fingerprint density at radius 2 is 1.57 bits per heavy atom. The molecule has 1 aromatic heterocycles. The molecule has 37 heavy (non-hydrogen) atoms. The van der Waals surface area contributed by atoms with Crippen LogP contribution in [0.15, 0.2) is 78.9 Å². The van der Waals surface area contributed by atoms with Gasteiger partial charge in [0.1, 0.15) is 12.4 Å². The summed E-state index contributed by atoms with van der Waals surface area (Å²) in [7, 11) is 5.89. The van der Waals surface area contributed by atoms with E-state index in [1.807, 2.05) is 80.3 Å². The maximum atomic E-state index is 13.9. The van der Waals surface area contributed by atoms with Crippen LogP contribution in [0.25, 0.3) is 10.9 Å². The van der Waals surface area contributed by atoms with Gasteiger partial charge in [0.15, 0.2) is 0 Å². The molecule has 0 aliphatic rings. The minimum atomic E-state index is -0.521. The van der Waals surface area contributed by atoms with E-state index in [2.05, 4.69) is 4.90 Å². The van der Waals surface area contributed by atoms with Gasteiger partial charge in [0, 0.05) is 36.1 Å². The first-order valence-corrected chi connectivity index (χ1v) is 12.7. The lowest BCUT2D eigenvalue weighted by molar-refractivity contribution is -0.127. The molecule has 0 spiro atoms. The summed E-state index contributed by atoms with van der Waals surface area (Å²) in [6, 6.07) is 24.5. The summed E-state index contributed by atoms with van der Waals surface area (Å²) in [5, 5.41) is 1.36. The molecule has 0 atom stereocenters. The monoisotopic (exact) mass is 517 g/mol. The molecule has 0 fully saturated rings. The molecule has 192 valence electrons. The van der Waals surface area contributed by atoms with E-state index in [0.717, 1.165) is 29.4 Å². The second-order valence-electron chi connectivity index (χ2n) is 9.34. The summed E-state index contributed by atoms with van der Waals surface area (Å²) in [5.74, 6) is -0.396. The Morgan fingerprint density at radius 1 is 0.892 bits per heavy atom. The van der Waals surface area contributed by atoms with Gasteiger partial charge in [0.25, 0.3) is 11.7 Å². The molecule has 4 rings (SSSR count). The first-order valence-electron chi connectivity index (χ1n) is 12.3. The van der Waals surface area contributed by atoms with Crippen molar-refractivity contribution in [2.45, 2.75) is 19.6 Å². The van der Waals surface area contributed by atoms with Gasteiger partial charge in [0.2, 0.25) is 0 Å². The molecule has 0 bridgehead atoms. The van der Waals surface area contributed by atoms with Gasteiger partial charge >= 0.3 is 0 Å². The van der Waals surface area contributed by atoms with E-state index in [4.69, 9.17) is 16.3 Å². The van der Waals surface area contributed by atoms with Crippen LogP contribution in [-0.2, 0) is 25.0 Å². The van der Waals surface area contributed by atoms with Gasteiger partial charge in [-0.25, -0.2) is 0 Å². The van der Waals surface area contributed by atoms with Gasteiger partial charge in [0.05, 0.1) is 11.3 Å². The third kappa shape index (κ3) is 6.40. The zero-order valence-corrected chi connectivity index (χ0v) is 22.2. The second kappa shape index (κ2) is 12.1. The Kier molecular flexibility index (Phi) is 8.64. The normalized spacial score (nSPS) is 11.2. The molecule has 6 nitrogen and oxygen atoms in total. The number of ketones is 1. The number of Topliss-reactive ketones (excluding diaryl/α,β-unsaturated/α-hetero) is 1. The highest BCUT2D eigenvalue weighted by Gasteiger charge is 2.30. The SMILES string of the molecule is CN(C)CCCN(Cc1ccccc1)C(=O)C(=O)c1c(COc2ccc(Cl)cc2)n(C)c2ccccc12. The molecule has 7 heteroatoms. The lowest BCUT2D eigenvalue weighted by Gasteiger charge is -2.23. The van der Waals surface area contributed by atoms with Crippen molar-refractivity contribution in [2.24, 2.45) is 7.05 Å². The number of fused-ring (bicyclic) bond motifs is 1. The fourth-order valence-electron chi connectivity index (χ4n) is 4.44. The number of para-hydroxylation sites is 1. The number of carbonyl (C=O) groups excluding carboxylic acids is 2. The summed E-state index contributed by atoms with van der Waals surface area (Å²) in [4.78, 5) is 31.4. The fourth-order valence-corrected chi connectivity index (χ4v) is 4.56. The van der Waals surface area contributed by atoms with Gasteiger partial charge in [-0.1, -0.05) is 60.1 Å². The average Bonchev–Trinajstić information content (AvgIpc) is 3.18. The molecule has 1 heterocycles. The second-order valence-corrected chi connectivity index (χ2v) is 9.78. The van der Waals surface area contributed by atoms with E-state index in [-0.39, 0.29) is 6.61 Å². The Labute approximate surface area is 223 Å². The van der Waals surface area contributed by atoms with Crippen LogP contribution in [0.2, 0.25) is 5.02 Å². The molecular weight excluding hydrogens is 486 g/mol. The van der Waals surface area contributed by atoms with Gasteiger partial charge in [-0.3, -0.25) is 9.59 Å². The molecule has 4 aromatic rings. The van der Waals surface area contributed by atoms with Crippen LogP contribution in [0, 0.1) is 0 Å². The van der Waals surface area contributed by atoms with Crippen LogP contribution >= 0.6 is 11.6 Å². The summed E-state index contributed by atoms with van der Waals surface area (Å²) in [5.41, 5.74) is 2.90. The van der Waals surface area contributed by atoms with Gasteiger partial charge in [-0.05, 0) is 63.0 Å². The molecular formula is C30H32ClN3O3. The molecule has 0 aliphatic carbocycles. The lowest BCUT2D eigenvalue weighted by atomic mass is 10.0. The number of ether oxygens (including phenoxy) is 1. The molecule has 0 saturated carbocycles. The highest BCUT2D eigenvalue weighted by atomic mass is 35.5. The Hall–Kier alpha value is -3.61. The van der Waals surface area contributed by atoms with Crippen molar-refractivity contribution in [3.8, 4) is 5.75 Å². The van der Waals surface area contributed by atoms with Crippen LogP contribution in [0.4, 0.5) is 0 Å². The number of aromatic nitrogens is 1.